The van der Waals surface area contributed by atoms with Gasteiger partial charge in [-0.1, -0.05) is 37.3 Å². The Morgan fingerprint density at radius 3 is 2.62 bits per heavy atom. The normalized spacial score (nSPS) is 12.4. The van der Waals surface area contributed by atoms with Gasteiger partial charge in [-0.05, 0) is 24.1 Å². The van der Waals surface area contributed by atoms with Crippen molar-refractivity contribution >= 4 is 11.6 Å². The standard InChI is InChI=1S/C16H15N3O2/c1-2-13(11-6-4-3-5-7-11)15-18-17-14-9-8-12(16(20)21)10-19(14)15/h3-10,13H,2H2,1H3,(H,20,21). The Kier molecular flexibility index (Phi) is 3.39. The molecule has 106 valence electrons. The van der Waals surface area contributed by atoms with Crippen LogP contribution in [0.25, 0.3) is 5.65 Å². The zero-order chi connectivity index (χ0) is 14.8. The molecule has 0 aliphatic heterocycles. The van der Waals surface area contributed by atoms with E-state index in [2.05, 4.69) is 29.3 Å². The number of benzene rings is 1. The van der Waals surface area contributed by atoms with Crippen LogP contribution in [0.3, 0.4) is 0 Å². The van der Waals surface area contributed by atoms with Crippen molar-refractivity contribution in [2.45, 2.75) is 19.3 Å². The summed E-state index contributed by atoms with van der Waals surface area (Å²) in [4.78, 5) is 11.1. The smallest absolute Gasteiger partial charge is 0.337 e. The number of hydrogen-bond donors (Lipinski definition) is 1. The van der Waals surface area contributed by atoms with Crippen molar-refractivity contribution in [3.05, 3.63) is 65.6 Å². The average molecular weight is 281 g/mol. The number of carboxylic acids is 1. The van der Waals surface area contributed by atoms with Crippen LogP contribution in [-0.4, -0.2) is 25.7 Å². The highest BCUT2D eigenvalue weighted by Crippen LogP contribution is 2.26. The summed E-state index contributed by atoms with van der Waals surface area (Å²) in [6, 6.07) is 13.3. The molecular formula is C16H15N3O2. The van der Waals surface area contributed by atoms with Gasteiger partial charge in [-0.3, -0.25) is 4.40 Å². The molecule has 2 aromatic heterocycles. The van der Waals surface area contributed by atoms with Gasteiger partial charge in [0, 0.05) is 12.1 Å². The number of nitrogens with zero attached hydrogens (tertiary/aromatic N) is 3. The largest absolute Gasteiger partial charge is 0.478 e. The first-order valence-electron chi connectivity index (χ1n) is 6.83. The minimum atomic E-state index is -0.954. The van der Waals surface area contributed by atoms with Gasteiger partial charge >= 0.3 is 5.97 Å². The number of aromatic carboxylic acids is 1. The Morgan fingerprint density at radius 1 is 1.19 bits per heavy atom. The van der Waals surface area contributed by atoms with Gasteiger partial charge in [-0.2, -0.15) is 0 Å². The Labute approximate surface area is 121 Å². The minimum absolute atomic E-state index is 0.0882. The number of carbonyl (C=O) groups is 1. The number of rotatable bonds is 4. The van der Waals surface area contributed by atoms with Crippen molar-refractivity contribution in [2.24, 2.45) is 0 Å². The molecule has 0 saturated heterocycles. The van der Waals surface area contributed by atoms with Gasteiger partial charge in [0.15, 0.2) is 5.65 Å². The van der Waals surface area contributed by atoms with Gasteiger partial charge in [0.25, 0.3) is 0 Å². The first-order valence-corrected chi connectivity index (χ1v) is 6.83. The maximum absolute atomic E-state index is 11.1. The Hall–Kier alpha value is -2.69. The molecule has 2 heterocycles. The molecule has 0 fully saturated rings. The summed E-state index contributed by atoms with van der Waals surface area (Å²) in [5.41, 5.74) is 2.03. The lowest BCUT2D eigenvalue weighted by Gasteiger charge is -2.13. The molecule has 3 aromatic rings. The molecule has 1 atom stereocenters. The van der Waals surface area contributed by atoms with Crippen LogP contribution in [0.1, 0.15) is 41.0 Å². The van der Waals surface area contributed by atoms with Gasteiger partial charge < -0.3 is 5.11 Å². The summed E-state index contributed by atoms with van der Waals surface area (Å²) < 4.78 is 1.77. The molecule has 0 aliphatic rings. The predicted octanol–water partition coefficient (Wildman–Crippen LogP) is 2.97. The molecular weight excluding hydrogens is 266 g/mol. The number of pyridine rings is 1. The molecule has 5 nitrogen and oxygen atoms in total. The Bertz CT molecular complexity index is 781. The van der Waals surface area contributed by atoms with Crippen molar-refractivity contribution in [1.29, 1.82) is 0 Å². The third-order valence-electron chi connectivity index (χ3n) is 3.60. The topological polar surface area (TPSA) is 67.5 Å². The van der Waals surface area contributed by atoms with E-state index in [0.717, 1.165) is 17.8 Å². The van der Waals surface area contributed by atoms with Crippen molar-refractivity contribution in [3.63, 3.8) is 0 Å². The predicted molar refractivity (Wildman–Crippen MR) is 78.5 cm³/mol. The Balaban J connectivity index is 2.14. The van der Waals surface area contributed by atoms with E-state index in [1.807, 2.05) is 18.2 Å². The molecule has 0 spiro atoms. The number of aromatic nitrogens is 3. The van der Waals surface area contributed by atoms with Crippen LogP contribution in [0.15, 0.2) is 48.7 Å². The molecule has 5 heteroatoms. The average Bonchev–Trinajstić information content (AvgIpc) is 2.92. The SMILES string of the molecule is CCC(c1ccccc1)c1nnc2ccc(C(=O)O)cn12. The van der Waals surface area contributed by atoms with Gasteiger partial charge in [-0.25, -0.2) is 4.79 Å². The van der Waals surface area contributed by atoms with Crippen LogP contribution in [0.5, 0.6) is 0 Å². The molecule has 1 aromatic carbocycles. The maximum Gasteiger partial charge on any atom is 0.337 e. The first kappa shape index (κ1) is 13.3. The summed E-state index contributed by atoms with van der Waals surface area (Å²) in [6.45, 7) is 2.08. The second-order valence-corrected chi connectivity index (χ2v) is 4.88. The zero-order valence-electron chi connectivity index (χ0n) is 11.6. The van der Waals surface area contributed by atoms with Crippen molar-refractivity contribution in [1.82, 2.24) is 14.6 Å². The van der Waals surface area contributed by atoms with Gasteiger partial charge in [0.05, 0.1) is 5.56 Å². The summed E-state index contributed by atoms with van der Waals surface area (Å²) in [6.07, 6.45) is 2.45. The molecule has 21 heavy (non-hydrogen) atoms. The van der Waals surface area contributed by atoms with Crippen LogP contribution >= 0.6 is 0 Å². The minimum Gasteiger partial charge on any atom is -0.478 e. The lowest BCUT2D eigenvalue weighted by molar-refractivity contribution is 0.0696. The van der Waals surface area contributed by atoms with Crippen molar-refractivity contribution in [2.75, 3.05) is 0 Å². The third-order valence-corrected chi connectivity index (χ3v) is 3.60. The van der Waals surface area contributed by atoms with Gasteiger partial charge in [0.2, 0.25) is 0 Å². The lowest BCUT2D eigenvalue weighted by Crippen LogP contribution is -2.07. The molecule has 1 unspecified atom stereocenters. The summed E-state index contributed by atoms with van der Waals surface area (Å²) in [7, 11) is 0. The van der Waals surface area contributed by atoms with E-state index >= 15 is 0 Å². The molecule has 0 radical (unpaired) electrons. The highest BCUT2D eigenvalue weighted by atomic mass is 16.4. The van der Waals surface area contributed by atoms with E-state index in [0.29, 0.717) is 5.65 Å². The number of hydrogen-bond acceptors (Lipinski definition) is 3. The fourth-order valence-electron chi connectivity index (χ4n) is 2.53. The molecule has 3 rings (SSSR count). The second-order valence-electron chi connectivity index (χ2n) is 4.88. The second kappa shape index (κ2) is 5.36. The van der Waals surface area contributed by atoms with E-state index in [4.69, 9.17) is 5.11 Å². The van der Waals surface area contributed by atoms with E-state index in [9.17, 15) is 4.79 Å². The lowest BCUT2D eigenvalue weighted by atomic mass is 9.96. The molecule has 0 saturated carbocycles. The van der Waals surface area contributed by atoms with Crippen molar-refractivity contribution in [3.8, 4) is 0 Å². The molecule has 1 N–H and O–H groups in total. The summed E-state index contributed by atoms with van der Waals surface area (Å²) in [5.74, 6) is -0.101. The van der Waals surface area contributed by atoms with E-state index < -0.39 is 5.97 Å². The van der Waals surface area contributed by atoms with E-state index in [1.54, 1.807) is 22.7 Å². The highest BCUT2D eigenvalue weighted by Gasteiger charge is 2.19. The third kappa shape index (κ3) is 2.38. The molecule has 0 amide bonds. The number of carboxylic acid groups (broad SMARTS) is 1. The quantitative estimate of drug-likeness (QED) is 0.798. The fourth-order valence-corrected chi connectivity index (χ4v) is 2.53. The summed E-state index contributed by atoms with van der Waals surface area (Å²) >= 11 is 0. The van der Waals surface area contributed by atoms with Crippen LogP contribution < -0.4 is 0 Å². The van der Waals surface area contributed by atoms with Gasteiger partial charge in [-0.15, -0.1) is 10.2 Å². The zero-order valence-corrected chi connectivity index (χ0v) is 11.6. The van der Waals surface area contributed by atoms with E-state index in [-0.39, 0.29) is 11.5 Å². The van der Waals surface area contributed by atoms with Gasteiger partial charge in [0.1, 0.15) is 5.82 Å². The van der Waals surface area contributed by atoms with Crippen LogP contribution in [0.2, 0.25) is 0 Å². The van der Waals surface area contributed by atoms with Crippen molar-refractivity contribution < 1.29 is 9.90 Å². The van der Waals surface area contributed by atoms with Crippen LogP contribution in [-0.2, 0) is 0 Å². The summed E-state index contributed by atoms with van der Waals surface area (Å²) in [5, 5.41) is 17.5. The van der Waals surface area contributed by atoms with Crippen LogP contribution in [0.4, 0.5) is 0 Å². The molecule has 0 aliphatic carbocycles. The highest BCUT2D eigenvalue weighted by molar-refractivity contribution is 5.87. The van der Waals surface area contributed by atoms with E-state index in [1.165, 1.54) is 0 Å². The fraction of sp³-hybridized carbons (Fsp3) is 0.188. The molecule has 0 bridgehead atoms. The first-order chi connectivity index (χ1) is 10.2. The number of fused-ring (bicyclic) bond motifs is 1. The Morgan fingerprint density at radius 2 is 1.95 bits per heavy atom. The van der Waals surface area contributed by atoms with Crippen LogP contribution in [0, 0.1) is 0 Å². The maximum atomic E-state index is 11.1. The monoisotopic (exact) mass is 281 g/mol.